The molecule has 3 aromatic rings. The molecule has 0 unspecified atom stereocenters. The first-order valence-corrected chi connectivity index (χ1v) is 9.31. The van der Waals surface area contributed by atoms with Crippen molar-refractivity contribution in [2.45, 2.75) is 18.5 Å². The summed E-state index contributed by atoms with van der Waals surface area (Å²) in [5.74, 6) is 0.745. The zero-order valence-electron chi connectivity index (χ0n) is 14.0. The van der Waals surface area contributed by atoms with Crippen LogP contribution in [0.2, 0.25) is 0 Å². The standard InChI is InChI=1S/C18H17BrN6S/c1-12-5-4-6-13(9-12)11-24-17(21-22-23-24)14-10-20-25(18(14)26)16-8-3-2-7-15(16)19/h2-10,22-23,26H,11H2,1H3. The maximum absolute atomic E-state index is 4.70. The van der Waals surface area contributed by atoms with Crippen LogP contribution >= 0.6 is 28.6 Å². The Balaban J connectivity index is 1.64. The first-order chi connectivity index (χ1) is 12.6. The molecule has 0 bridgehead atoms. The first kappa shape index (κ1) is 17.1. The van der Waals surface area contributed by atoms with Gasteiger partial charge in [0.25, 0.3) is 0 Å². The van der Waals surface area contributed by atoms with Crippen molar-refractivity contribution in [1.82, 2.24) is 25.9 Å². The Bertz CT molecular complexity index is 983. The molecule has 1 aliphatic rings. The molecular weight excluding hydrogens is 412 g/mol. The largest absolute Gasteiger partial charge is 0.266 e. The molecule has 0 fully saturated rings. The number of para-hydroxylation sites is 1. The van der Waals surface area contributed by atoms with Crippen molar-refractivity contribution in [2.75, 3.05) is 0 Å². The Morgan fingerprint density at radius 2 is 2.00 bits per heavy atom. The number of hydrazone groups is 1. The second-order valence-electron chi connectivity index (χ2n) is 5.98. The topological polar surface area (TPSA) is 57.5 Å². The highest BCUT2D eigenvalue weighted by atomic mass is 79.9. The summed E-state index contributed by atoms with van der Waals surface area (Å²) >= 11 is 8.26. The molecule has 0 saturated heterocycles. The molecule has 0 aliphatic carbocycles. The molecule has 6 nitrogen and oxygen atoms in total. The number of amidine groups is 1. The molecule has 0 spiro atoms. The van der Waals surface area contributed by atoms with Gasteiger partial charge in [-0.05, 0) is 40.5 Å². The van der Waals surface area contributed by atoms with Gasteiger partial charge in [0.15, 0.2) is 5.84 Å². The average Bonchev–Trinajstić information content (AvgIpc) is 3.22. The smallest absolute Gasteiger partial charge is 0.177 e. The van der Waals surface area contributed by atoms with Gasteiger partial charge in [-0.15, -0.1) is 23.3 Å². The summed E-state index contributed by atoms with van der Waals surface area (Å²) in [4.78, 5) is 0. The third kappa shape index (κ3) is 3.23. The normalized spacial score (nSPS) is 13.7. The Hall–Kier alpha value is -2.29. The summed E-state index contributed by atoms with van der Waals surface area (Å²) in [5, 5.41) is 11.5. The van der Waals surface area contributed by atoms with Crippen LogP contribution in [-0.4, -0.2) is 20.6 Å². The van der Waals surface area contributed by atoms with E-state index in [1.165, 1.54) is 11.1 Å². The maximum Gasteiger partial charge on any atom is 0.177 e. The summed E-state index contributed by atoms with van der Waals surface area (Å²) in [6.45, 7) is 2.75. The van der Waals surface area contributed by atoms with Crippen LogP contribution in [0.4, 0.5) is 0 Å². The van der Waals surface area contributed by atoms with Gasteiger partial charge < -0.3 is 0 Å². The van der Waals surface area contributed by atoms with Gasteiger partial charge in [-0.2, -0.15) is 5.10 Å². The van der Waals surface area contributed by atoms with Gasteiger partial charge in [-0.25, -0.2) is 10.2 Å². The Labute approximate surface area is 165 Å². The molecule has 2 heterocycles. The van der Waals surface area contributed by atoms with E-state index in [-0.39, 0.29) is 0 Å². The number of hydrogen-bond donors (Lipinski definition) is 3. The summed E-state index contributed by atoms with van der Waals surface area (Å²) in [7, 11) is 0. The van der Waals surface area contributed by atoms with E-state index in [4.69, 9.17) is 12.6 Å². The van der Waals surface area contributed by atoms with Gasteiger partial charge in [-0.3, -0.25) is 5.01 Å². The second kappa shape index (κ2) is 7.14. The first-order valence-electron chi connectivity index (χ1n) is 8.07. The van der Waals surface area contributed by atoms with Crippen LogP contribution in [0.1, 0.15) is 16.7 Å². The number of hydrazine groups is 2. The van der Waals surface area contributed by atoms with Crippen molar-refractivity contribution in [2.24, 2.45) is 5.10 Å². The number of benzene rings is 2. The van der Waals surface area contributed by atoms with Gasteiger partial charge in [-0.1, -0.05) is 42.0 Å². The quantitative estimate of drug-likeness (QED) is 0.557. The molecule has 4 rings (SSSR count). The molecule has 0 saturated carbocycles. The van der Waals surface area contributed by atoms with Gasteiger partial charge in [0, 0.05) is 4.47 Å². The van der Waals surface area contributed by atoms with E-state index >= 15 is 0 Å². The number of aryl methyl sites for hydroxylation is 1. The van der Waals surface area contributed by atoms with Crippen molar-refractivity contribution in [3.8, 4) is 5.69 Å². The Kier molecular flexibility index (Phi) is 4.71. The number of aromatic nitrogens is 2. The van der Waals surface area contributed by atoms with Crippen molar-refractivity contribution >= 4 is 34.4 Å². The van der Waals surface area contributed by atoms with Crippen molar-refractivity contribution in [3.63, 3.8) is 0 Å². The highest BCUT2D eigenvalue weighted by molar-refractivity contribution is 9.10. The van der Waals surface area contributed by atoms with E-state index in [2.05, 4.69) is 68.4 Å². The van der Waals surface area contributed by atoms with E-state index in [0.29, 0.717) is 6.54 Å². The van der Waals surface area contributed by atoms with Crippen LogP contribution in [0.25, 0.3) is 5.69 Å². The van der Waals surface area contributed by atoms with Crippen molar-refractivity contribution < 1.29 is 0 Å². The summed E-state index contributed by atoms with van der Waals surface area (Å²) in [5.41, 5.74) is 10.1. The fourth-order valence-corrected chi connectivity index (χ4v) is 3.63. The summed E-state index contributed by atoms with van der Waals surface area (Å²) in [6.07, 6.45) is 1.78. The molecule has 0 atom stereocenters. The second-order valence-corrected chi connectivity index (χ2v) is 7.26. The van der Waals surface area contributed by atoms with Crippen LogP contribution in [0, 0.1) is 6.92 Å². The predicted molar refractivity (Wildman–Crippen MR) is 108 cm³/mol. The van der Waals surface area contributed by atoms with Crippen LogP contribution in [0.15, 0.2) is 69.3 Å². The lowest BCUT2D eigenvalue weighted by Crippen LogP contribution is -2.40. The Morgan fingerprint density at radius 1 is 1.15 bits per heavy atom. The van der Waals surface area contributed by atoms with E-state index in [0.717, 1.165) is 26.6 Å². The lowest BCUT2D eigenvalue weighted by Gasteiger charge is -2.19. The molecular formula is C18H17BrN6S. The lowest BCUT2D eigenvalue weighted by molar-refractivity contribution is 0.288. The molecule has 0 amide bonds. The summed E-state index contributed by atoms with van der Waals surface area (Å²) < 4.78 is 2.74. The molecule has 1 aliphatic heterocycles. The van der Waals surface area contributed by atoms with Crippen molar-refractivity contribution in [1.29, 1.82) is 0 Å². The number of hydrogen-bond acceptors (Lipinski definition) is 6. The highest BCUT2D eigenvalue weighted by Crippen LogP contribution is 2.26. The van der Waals surface area contributed by atoms with Crippen molar-refractivity contribution in [3.05, 3.63) is 75.9 Å². The summed E-state index contributed by atoms with van der Waals surface area (Å²) in [6, 6.07) is 16.3. The van der Waals surface area contributed by atoms with Gasteiger partial charge in [0.1, 0.15) is 5.03 Å². The minimum Gasteiger partial charge on any atom is -0.266 e. The molecule has 8 heteroatoms. The highest BCUT2D eigenvalue weighted by Gasteiger charge is 2.24. The van der Waals surface area contributed by atoms with E-state index in [9.17, 15) is 0 Å². The third-order valence-corrected chi connectivity index (χ3v) is 5.19. The van der Waals surface area contributed by atoms with E-state index < -0.39 is 0 Å². The number of nitrogens with one attached hydrogen (secondary N) is 2. The molecule has 132 valence electrons. The number of nitrogens with zero attached hydrogens (tertiary/aromatic N) is 4. The lowest BCUT2D eigenvalue weighted by atomic mass is 10.1. The SMILES string of the molecule is Cc1cccc(CN2NNN=C2c2cnn(-c3ccccc3Br)c2S)c1. The zero-order valence-corrected chi connectivity index (χ0v) is 16.5. The predicted octanol–water partition coefficient (Wildman–Crippen LogP) is 3.42. The fourth-order valence-electron chi connectivity index (χ4n) is 2.86. The fraction of sp³-hybridized carbons (Fsp3) is 0.111. The number of rotatable bonds is 4. The molecule has 1 aromatic heterocycles. The van der Waals surface area contributed by atoms with Crippen LogP contribution < -0.4 is 11.1 Å². The third-order valence-electron chi connectivity index (χ3n) is 4.09. The minimum atomic E-state index is 0.668. The molecule has 0 radical (unpaired) electrons. The molecule has 2 aromatic carbocycles. The average molecular weight is 429 g/mol. The number of thiol groups is 1. The van der Waals surface area contributed by atoms with Crippen LogP contribution in [-0.2, 0) is 6.54 Å². The Morgan fingerprint density at radius 3 is 2.81 bits per heavy atom. The number of halogens is 1. The monoisotopic (exact) mass is 428 g/mol. The van der Waals surface area contributed by atoms with Gasteiger partial charge >= 0.3 is 0 Å². The van der Waals surface area contributed by atoms with E-state index in [1.54, 1.807) is 10.9 Å². The van der Waals surface area contributed by atoms with Crippen LogP contribution in [0.5, 0.6) is 0 Å². The van der Waals surface area contributed by atoms with E-state index in [1.807, 2.05) is 29.3 Å². The zero-order chi connectivity index (χ0) is 18.1. The molecule has 2 N–H and O–H groups in total. The van der Waals surface area contributed by atoms with Gasteiger partial charge in [0.05, 0.1) is 24.0 Å². The van der Waals surface area contributed by atoms with Crippen LogP contribution in [0.3, 0.4) is 0 Å². The maximum atomic E-state index is 4.70. The van der Waals surface area contributed by atoms with Gasteiger partial charge in [0.2, 0.25) is 0 Å². The molecule has 26 heavy (non-hydrogen) atoms. The minimum absolute atomic E-state index is 0.668.